The molecular weight excluding hydrogens is 359 g/mol. The summed E-state index contributed by atoms with van der Waals surface area (Å²) in [5, 5.41) is 3.02. The number of amides is 1. The fourth-order valence-electron chi connectivity index (χ4n) is 1.86. The molecule has 0 heterocycles. The van der Waals surface area contributed by atoms with Crippen LogP contribution in [0.5, 0.6) is 0 Å². The maximum atomic E-state index is 13.7. The fraction of sp³-hybridized carbons (Fsp3) is 0.133. The lowest BCUT2D eigenvalue weighted by atomic mass is 10.2. The van der Waals surface area contributed by atoms with Crippen molar-refractivity contribution in [2.24, 2.45) is 0 Å². The van der Waals surface area contributed by atoms with E-state index in [1.807, 2.05) is 31.1 Å². The van der Waals surface area contributed by atoms with Crippen LogP contribution in [0.25, 0.3) is 0 Å². The van der Waals surface area contributed by atoms with Crippen molar-refractivity contribution in [2.75, 3.05) is 24.3 Å². The predicted octanol–water partition coefficient (Wildman–Crippen LogP) is 4.56. The molecule has 0 spiro atoms. The zero-order valence-electron chi connectivity index (χ0n) is 11.5. The minimum absolute atomic E-state index is 0.0906. The van der Waals surface area contributed by atoms with E-state index in [9.17, 15) is 9.18 Å². The van der Waals surface area contributed by atoms with Crippen LogP contribution in [-0.2, 0) is 0 Å². The monoisotopic (exact) mass is 370 g/mol. The highest BCUT2D eigenvalue weighted by Crippen LogP contribution is 2.29. The number of rotatable bonds is 3. The molecule has 0 radical (unpaired) electrons. The van der Waals surface area contributed by atoms with Crippen LogP contribution in [0.2, 0.25) is 5.02 Å². The second-order valence-electron chi connectivity index (χ2n) is 4.63. The van der Waals surface area contributed by atoms with Gasteiger partial charge in [-0.25, -0.2) is 4.39 Å². The molecule has 110 valence electrons. The van der Waals surface area contributed by atoms with Gasteiger partial charge in [-0.05, 0) is 36.4 Å². The number of hydrogen-bond donors (Lipinski definition) is 1. The summed E-state index contributed by atoms with van der Waals surface area (Å²) in [7, 11) is 3.72. The van der Waals surface area contributed by atoms with E-state index < -0.39 is 11.7 Å². The Balaban J connectivity index is 2.35. The van der Waals surface area contributed by atoms with E-state index in [2.05, 4.69) is 21.2 Å². The molecule has 0 aliphatic rings. The minimum Gasteiger partial charge on any atom is -0.376 e. The van der Waals surface area contributed by atoms with Crippen molar-refractivity contribution < 1.29 is 9.18 Å². The van der Waals surface area contributed by atoms with Crippen molar-refractivity contribution >= 4 is 44.8 Å². The Kier molecular flexibility index (Phi) is 4.85. The number of hydrogen-bond acceptors (Lipinski definition) is 2. The average Bonchev–Trinajstić information content (AvgIpc) is 2.41. The molecule has 0 unspecified atom stereocenters. The van der Waals surface area contributed by atoms with Crippen LogP contribution in [0.15, 0.2) is 40.9 Å². The van der Waals surface area contributed by atoms with E-state index in [0.717, 1.165) is 10.2 Å². The van der Waals surface area contributed by atoms with Gasteiger partial charge in [0.15, 0.2) is 0 Å². The van der Waals surface area contributed by atoms with Gasteiger partial charge in [0, 0.05) is 23.6 Å². The van der Waals surface area contributed by atoms with E-state index in [-0.39, 0.29) is 5.56 Å². The number of nitrogens with one attached hydrogen (secondary N) is 1. The second kappa shape index (κ2) is 6.45. The third kappa shape index (κ3) is 3.74. The van der Waals surface area contributed by atoms with Crippen molar-refractivity contribution in [3.8, 4) is 0 Å². The molecule has 2 aromatic rings. The van der Waals surface area contributed by atoms with Gasteiger partial charge >= 0.3 is 0 Å². The summed E-state index contributed by atoms with van der Waals surface area (Å²) in [6.45, 7) is 0. The Labute approximate surface area is 135 Å². The van der Waals surface area contributed by atoms with E-state index in [0.29, 0.717) is 10.7 Å². The van der Waals surface area contributed by atoms with Crippen LogP contribution in [-0.4, -0.2) is 20.0 Å². The molecule has 0 saturated heterocycles. The topological polar surface area (TPSA) is 32.3 Å². The summed E-state index contributed by atoms with van der Waals surface area (Å²) in [6, 6.07) is 9.36. The number of halogens is 3. The standard InChI is InChI=1S/C15H13BrClFN2O/c1-20(2)14-6-3-9(16)7-13(14)19-15(21)11-8-10(17)4-5-12(11)18/h3-8H,1-2H3,(H,19,21). The zero-order valence-corrected chi connectivity index (χ0v) is 13.8. The maximum Gasteiger partial charge on any atom is 0.258 e. The number of nitrogens with zero attached hydrogens (tertiary/aromatic N) is 1. The molecule has 0 aromatic heterocycles. The van der Waals surface area contributed by atoms with Gasteiger partial charge in [0.25, 0.3) is 5.91 Å². The zero-order chi connectivity index (χ0) is 15.6. The van der Waals surface area contributed by atoms with Crippen molar-refractivity contribution in [3.05, 3.63) is 57.3 Å². The third-order valence-corrected chi connectivity index (χ3v) is 3.59. The smallest absolute Gasteiger partial charge is 0.258 e. The summed E-state index contributed by atoms with van der Waals surface area (Å²) in [5.74, 6) is -1.16. The lowest BCUT2D eigenvalue weighted by Crippen LogP contribution is -2.17. The van der Waals surface area contributed by atoms with Crippen LogP contribution >= 0.6 is 27.5 Å². The Morgan fingerprint density at radius 3 is 2.62 bits per heavy atom. The van der Waals surface area contributed by atoms with Crippen LogP contribution in [0, 0.1) is 5.82 Å². The van der Waals surface area contributed by atoms with Gasteiger partial charge in [-0.2, -0.15) is 0 Å². The van der Waals surface area contributed by atoms with Crippen molar-refractivity contribution in [1.29, 1.82) is 0 Å². The Morgan fingerprint density at radius 2 is 1.95 bits per heavy atom. The average molecular weight is 372 g/mol. The molecule has 6 heteroatoms. The lowest BCUT2D eigenvalue weighted by Gasteiger charge is -2.18. The van der Waals surface area contributed by atoms with Crippen LogP contribution in [0.1, 0.15) is 10.4 Å². The normalized spacial score (nSPS) is 10.3. The Bertz CT molecular complexity index is 691. The molecule has 0 bridgehead atoms. The molecule has 2 rings (SSSR count). The molecule has 0 atom stereocenters. The summed E-state index contributed by atoms with van der Waals surface area (Å²) in [4.78, 5) is 14.1. The summed E-state index contributed by atoms with van der Waals surface area (Å²) in [6.07, 6.45) is 0. The molecule has 1 amide bonds. The molecule has 2 aromatic carbocycles. The largest absolute Gasteiger partial charge is 0.376 e. The molecule has 0 aliphatic heterocycles. The van der Waals surface area contributed by atoms with E-state index in [1.54, 1.807) is 6.07 Å². The first kappa shape index (κ1) is 15.8. The lowest BCUT2D eigenvalue weighted by molar-refractivity contribution is 0.102. The Hall–Kier alpha value is -1.59. The van der Waals surface area contributed by atoms with E-state index >= 15 is 0 Å². The second-order valence-corrected chi connectivity index (χ2v) is 5.99. The summed E-state index contributed by atoms with van der Waals surface area (Å²) >= 11 is 9.16. The first-order valence-corrected chi connectivity index (χ1v) is 7.29. The molecule has 0 fully saturated rings. The van der Waals surface area contributed by atoms with Gasteiger partial charge in [-0.1, -0.05) is 27.5 Å². The van der Waals surface area contributed by atoms with Gasteiger partial charge in [-0.3, -0.25) is 4.79 Å². The molecule has 0 saturated carbocycles. The molecule has 0 aliphatic carbocycles. The van der Waals surface area contributed by atoms with Crippen LogP contribution in [0.3, 0.4) is 0 Å². The highest BCUT2D eigenvalue weighted by molar-refractivity contribution is 9.10. The van der Waals surface area contributed by atoms with Crippen LogP contribution in [0.4, 0.5) is 15.8 Å². The summed E-state index contributed by atoms with van der Waals surface area (Å²) < 4.78 is 14.5. The number of carbonyl (C=O) groups is 1. The highest BCUT2D eigenvalue weighted by Gasteiger charge is 2.15. The van der Waals surface area contributed by atoms with Crippen molar-refractivity contribution in [3.63, 3.8) is 0 Å². The number of anilines is 2. The minimum atomic E-state index is -0.613. The Morgan fingerprint density at radius 1 is 1.24 bits per heavy atom. The van der Waals surface area contributed by atoms with Gasteiger partial charge in [-0.15, -0.1) is 0 Å². The predicted molar refractivity (Wildman–Crippen MR) is 87.8 cm³/mol. The summed E-state index contributed by atoms with van der Waals surface area (Å²) in [5.41, 5.74) is 1.31. The fourth-order valence-corrected chi connectivity index (χ4v) is 2.39. The first-order chi connectivity index (χ1) is 9.88. The van der Waals surface area contributed by atoms with Gasteiger partial charge < -0.3 is 10.2 Å². The van der Waals surface area contributed by atoms with Crippen molar-refractivity contribution in [1.82, 2.24) is 0 Å². The van der Waals surface area contributed by atoms with E-state index in [4.69, 9.17) is 11.6 Å². The SMILES string of the molecule is CN(C)c1ccc(Br)cc1NC(=O)c1cc(Cl)ccc1F. The van der Waals surface area contributed by atoms with E-state index in [1.165, 1.54) is 18.2 Å². The third-order valence-electron chi connectivity index (χ3n) is 2.86. The van der Waals surface area contributed by atoms with Gasteiger partial charge in [0.1, 0.15) is 5.82 Å². The molecule has 1 N–H and O–H groups in total. The van der Waals surface area contributed by atoms with Crippen molar-refractivity contribution in [2.45, 2.75) is 0 Å². The number of benzene rings is 2. The molecule has 3 nitrogen and oxygen atoms in total. The first-order valence-electron chi connectivity index (χ1n) is 6.12. The maximum absolute atomic E-state index is 13.7. The highest BCUT2D eigenvalue weighted by atomic mass is 79.9. The van der Waals surface area contributed by atoms with Gasteiger partial charge in [0.05, 0.1) is 16.9 Å². The molecular formula is C15H13BrClFN2O. The van der Waals surface area contributed by atoms with Crippen LogP contribution < -0.4 is 10.2 Å². The molecule has 21 heavy (non-hydrogen) atoms. The van der Waals surface area contributed by atoms with Gasteiger partial charge in [0.2, 0.25) is 0 Å². The number of carbonyl (C=O) groups excluding carboxylic acids is 1. The quantitative estimate of drug-likeness (QED) is 0.858.